The fourth-order valence-electron chi connectivity index (χ4n) is 1.91. The SMILES string of the molecule is CCN(C)CCNc1c(N)cnc2ccc(Br)cc12. The van der Waals surface area contributed by atoms with Gasteiger partial charge in [0.1, 0.15) is 0 Å². The third kappa shape index (κ3) is 3.36. The van der Waals surface area contributed by atoms with E-state index in [0.717, 1.165) is 40.7 Å². The van der Waals surface area contributed by atoms with Crippen molar-refractivity contribution in [2.45, 2.75) is 6.92 Å². The molecule has 0 fully saturated rings. The molecule has 1 aromatic carbocycles. The molecule has 0 saturated heterocycles. The van der Waals surface area contributed by atoms with Crippen LogP contribution in [0.5, 0.6) is 0 Å². The number of benzene rings is 1. The number of nitrogens with one attached hydrogen (secondary N) is 1. The molecular weight excluding hydrogens is 304 g/mol. The molecule has 0 unspecified atom stereocenters. The summed E-state index contributed by atoms with van der Waals surface area (Å²) in [5, 5.41) is 4.47. The van der Waals surface area contributed by atoms with Crippen molar-refractivity contribution in [1.29, 1.82) is 0 Å². The second-order valence-corrected chi connectivity index (χ2v) is 5.49. The average Bonchev–Trinajstić information content (AvgIpc) is 2.41. The van der Waals surface area contributed by atoms with E-state index in [-0.39, 0.29) is 0 Å². The summed E-state index contributed by atoms with van der Waals surface area (Å²) >= 11 is 3.49. The van der Waals surface area contributed by atoms with Crippen molar-refractivity contribution in [3.8, 4) is 0 Å². The van der Waals surface area contributed by atoms with Gasteiger partial charge >= 0.3 is 0 Å². The molecule has 3 N–H and O–H groups in total. The quantitative estimate of drug-likeness (QED) is 0.888. The maximum atomic E-state index is 6.03. The van der Waals surface area contributed by atoms with Gasteiger partial charge in [-0.25, -0.2) is 0 Å². The highest BCUT2D eigenvalue weighted by atomic mass is 79.9. The molecule has 0 atom stereocenters. The summed E-state index contributed by atoms with van der Waals surface area (Å²) in [6.07, 6.45) is 1.71. The van der Waals surface area contributed by atoms with Crippen molar-refractivity contribution >= 4 is 38.2 Å². The minimum absolute atomic E-state index is 0.685. The molecular formula is C14H19BrN4. The zero-order valence-electron chi connectivity index (χ0n) is 11.3. The molecule has 0 bridgehead atoms. The van der Waals surface area contributed by atoms with Crippen LogP contribution in [-0.2, 0) is 0 Å². The second kappa shape index (κ2) is 6.21. The van der Waals surface area contributed by atoms with Gasteiger partial charge in [-0.1, -0.05) is 22.9 Å². The average molecular weight is 323 g/mol. The predicted octanol–water partition coefficient (Wildman–Crippen LogP) is 2.94. The van der Waals surface area contributed by atoms with Gasteiger partial charge in [0, 0.05) is 22.9 Å². The number of likely N-dealkylation sites (N-methyl/N-ethyl adjacent to an activating group) is 1. The lowest BCUT2D eigenvalue weighted by molar-refractivity contribution is 0.367. The molecule has 0 radical (unpaired) electrons. The van der Waals surface area contributed by atoms with Crippen molar-refractivity contribution in [3.05, 3.63) is 28.9 Å². The molecule has 0 spiro atoms. The zero-order chi connectivity index (χ0) is 13.8. The summed E-state index contributed by atoms with van der Waals surface area (Å²) in [4.78, 5) is 6.60. The fourth-order valence-corrected chi connectivity index (χ4v) is 2.27. The lowest BCUT2D eigenvalue weighted by atomic mass is 10.1. The zero-order valence-corrected chi connectivity index (χ0v) is 12.9. The van der Waals surface area contributed by atoms with Gasteiger partial charge in [0.05, 0.1) is 23.1 Å². The molecule has 0 saturated carbocycles. The van der Waals surface area contributed by atoms with Gasteiger partial charge in [-0.2, -0.15) is 0 Å². The third-order valence-corrected chi connectivity index (χ3v) is 3.69. The predicted molar refractivity (Wildman–Crippen MR) is 85.5 cm³/mol. The van der Waals surface area contributed by atoms with Crippen LogP contribution in [0.2, 0.25) is 0 Å². The van der Waals surface area contributed by atoms with Crippen molar-refractivity contribution in [2.75, 3.05) is 37.7 Å². The molecule has 0 aliphatic carbocycles. The standard InChI is InChI=1S/C14H19BrN4/c1-3-19(2)7-6-17-14-11-8-10(15)4-5-13(11)18-9-12(14)16/h4-5,8-9H,3,6-7,16H2,1-2H3,(H,17,18). The minimum Gasteiger partial charge on any atom is -0.396 e. The number of nitrogens with two attached hydrogens (primary N) is 1. The number of aromatic nitrogens is 1. The summed E-state index contributed by atoms with van der Waals surface area (Å²) in [5.41, 5.74) is 8.63. The number of halogens is 1. The summed E-state index contributed by atoms with van der Waals surface area (Å²) in [5.74, 6) is 0. The first-order chi connectivity index (χ1) is 9.11. The third-order valence-electron chi connectivity index (χ3n) is 3.19. The van der Waals surface area contributed by atoms with Gasteiger partial charge in [-0.3, -0.25) is 4.98 Å². The smallest absolute Gasteiger partial charge is 0.0743 e. The Morgan fingerprint density at radius 3 is 2.95 bits per heavy atom. The summed E-state index contributed by atoms with van der Waals surface area (Å²) in [6, 6.07) is 6.02. The molecule has 19 heavy (non-hydrogen) atoms. The molecule has 1 aromatic heterocycles. The normalized spacial score (nSPS) is 11.2. The van der Waals surface area contributed by atoms with Crippen LogP contribution < -0.4 is 11.1 Å². The molecule has 0 aliphatic rings. The van der Waals surface area contributed by atoms with Crippen LogP contribution >= 0.6 is 15.9 Å². The molecule has 0 amide bonds. The van der Waals surface area contributed by atoms with Gasteiger partial charge in [0.15, 0.2) is 0 Å². The number of hydrogen-bond donors (Lipinski definition) is 2. The topological polar surface area (TPSA) is 54.2 Å². The van der Waals surface area contributed by atoms with Crippen molar-refractivity contribution in [3.63, 3.8) is 0 Å². The molecule has 4 nitrogen and oxygen atoms in total. The highest BCUT2D eigenvalue weighted by Gasteiger charge is 2.07. The van der Waals surface area contributed by atoms with E-state index in [9.17, 15) is 0 Å². The maximum absolute atomic E-state index is 6.03. The van der Waals surface area contributed by atoms with Gasteiger partial charge < -0.3 is 16.0 Å². The largest absolute Gasteiger partial charge is 0.396 e. The van der Waals surface area contributed by atoms with Crippen LogP contribution in [0.3, 0.4) is 0 Å². The van der Waals surface area contributed by atoms with Gasteiger partial charge in [0.2, 0.25) is 0 Å². The van der Waals surface area contributed by atoms with E-state index in [0.29, 0.717) is 5.69 Å². The van der Waals surface area contributed by atoms with Gasteiger partial charge in [-0.05, 0) is 31.8 Å². The number of pyridine rings is 1. The fraction of sp³-hybridized carbons (Fsp3) is 0.357. The van der Waals surface area contributed by atoms with Crippen LogP contribution in [0.15, 0.2) is 28.9 Å². The summed E-state index contributed by atoms with van der Waals surface area (Å²) in [6.45, 7) is 5.03. The van der Waals surface area contributed by atoms with E-state index in [4.69, 9.17) is 5.73 Å². The Bertz CT molecular complexity index is 565. The monoisotopic (exact) mass is 322 g/mol. The number of hydrogen-bond acceptors (Lipinski definition) is 4. The van der Waals surface area contributed by atoms with Gasteiger partial charge in [-0.15, -0.1) is 0 Å². The van der Waals surface area contributed by atoms with E-state index in [1.54, 1.807) is 6.20 Å². The van der Waals surface area contributed by atoms with E-state index < -0.39 is 0 Å². The van der Waals surface area contributed by atoms with Crippen molar-refractivity contribution in [2.24, 2.45) is 0 Å². The molecule has 0 aliphatic heterocycles. The van der Waals surface area contributed by atoms with Crippen LogP contribution in [0.25, 0.3) is 10.9 Å². The Kier molecular flexibility index (Phi) is 4.61. The Labute approximate surface area is 122 Å². The summed E-state index contributed by atoms with van der Waals surface area (Å²) < 4.78 is 1.03. The highest BCUT2D eigenvalue weighted by molar-refractivity contribution is 9.10. The van der Waals surface area contributed by atoms with Gasteiger partial charge in [0.25, 0.3) is 0 Å². The number of anilines is 2. The second-order valence-electron chi connectivity index (χ2n) is 4.57. The van der Waals surface area contributed by atoms with E-state index in [1.807, 2.05) is 18.2 Å². The molecule has 2 aromatic rings. The first kappa shape index (κ1) is 14.1. The van der Waals surface area contributed by atoms with E-state index in [2.05, 4.69) is 45.1 Å². The minimum atomic E-state index is 0.685. The molecule has 5 heteroatoms. The summed E-state index contributed by atoms with van der Waals surface area (Å²) in [7, 11) is 2.10. The van der Waals surface area contributed by atoms with Crippen LogP contribution in [0, 0.1) is 0 Å². The first-order valence-electron chi connectivity index (χ1n) is 6.38. The number of nitrogen functional groups attached to an aromatic ring is 1. The Hall–Kier alpha value is -1.33. The molecule has 102 valence electrons. The molecule has 1 heterocycles. The van der Waals surface area contributed by atoms with E-state index in [1.165, 1.54) is 0 Å². The lowest BCUT2D eigenvalue weighted by Crippen LogP contribution is -2.25. The van der Waals surface area contributed by atoms with E-state index >= 15 is 0 Å². The van der Waals surface area contributed by atoms with Crippen LogP contribution in [0.1, 0.15) is 6.92 Å². The Balaban J connectivity index is 2.25. The Morgan fingerprint density at radius 1 is 1.42 bits per heavy atom. The van der Waals surface area contributed by atoms with Crippen LogP contribution in [-0.4, -0.2) is 36.6 Å². The van der Waals surface area contributed by atoms with Crippen LogP contribution in [0.4, 0.5) is 11.4 Å². The van der Waals surface area contributed by atoms with Crippen molar-refractivity contribution in [1.82, 2.24) is 9.88 Å². The first-order valence-corrected chi connectivity index (χ1v) is 7.17. The number of rotatable bonds is 5. The maximum Gasteiger partial charge on any atom is 0.0743 e. The lowest BCUT2D eigenvalue weighted by Gasteiger charge is -2.16. The molecule has 2 rings (SSSR count). The van der Waals surface area contributed by atoms with Crippen molar-refractivity contribution < 1.29 is 0 Å². The number of nitrogens with zero attached hydrogens (tertiary/aromatic N) is 2. The highest BCUT2D eigenvalue weighted by Crippen LogP contribution is 2.29. The Morgan fingerprint density at radius 2 is 2.21 bits per heavy atom. The number of fused-ring (bicyclic) bond motifs is 1.